The Kier molecular flexibility index (Phi) is 7.09. The Bertz CT molecular complexity index is 689. The van der Waals surface area contributed by atoms with E-state index in [4.69, 9.17) is 4.74 Å². The highest BCUT2D eigenvalue weighted by Crippen LogP contribution is 2.28. The van der Waals surface area contributed by atoms with Crippen molar-refractivity contribution < 1.29 is 17.9 Å². The van der Waals surface area contributed by atoms with Crippen LogP contribution in [0.15, 0.2) is 28.3 Å². The molecule has 0 atom stereocenters. The van der Waals surface area contributed by atoms with Crippen LogP contribution in [-0.4, -0.2) is 42.4 Å². The van der Waals surface area contributed by atoms with Crippen LogP contribution in [-0.2, 0) is 18.0 Å². The molecule has 0 spiro atoms. The minimum atomic E-state index is -4.45. The van der Waals surface area contributed by atoms with E-state index < -0.39 is 11.7 Å². The molecule has 0 saturated heterocycles. The summed E-state index contributed by atoms with van der Waals surface area (Å²) in [6.07, 6.45) is -1.93. The van der Waals surface area contributed by atoms with Crippen molar-refractivity contribution in [3.63, 3.8) is 0 Å². The van der Waals surface area contributed by atoms with Crippen molar-refractivity contribution in [2.24, 2.45) is 17.0 Å². The molecule has 0 aliphatic carbocycles. The van der Waals surface area contributed by atoms with Gasteiger partial charge in [0.1, 0.15) is 18.1 Å². The van der Waals surface area contributed by atoms with Crippen molar-refractivity contribution in [3.8, 4) is 0 Å². The smallest absolute Gasteiger partial charge is 0.363 e. The van der Waals surface area contributed by atoms with E-state index in [0.717, 1.165) is 12.3 Å². The SMILES string of the molecule is CN=C(C=NCOC)c1nc(C)ccc(C(F)(F)F)cn(C)c1C. The Morgan fingerprint density at radius 2 is 2.00 bits per heavy atom. The van der Waals surface area contributed by atoms with E-state index >= 15 is 0 Å². The average molecular weight is 342 g/mol. The summed E-state index contributed by atoms with van der Waals surface area (Å²) >= 11 is 0. The Morgan fingerprint density at radius 3 is 2.54 bits per heavy atom. The van der Waals surface area contributed by atoms with Crippen LogP contribution in [0.2, 0.25) is 0 Å². The van der Waals surface area contributed by atoms with Crippen LogP contribution in [0.4, 0.5) is 13.2 Å². The fourth-order valence-corrected chi connectivity index (χ4v) is 1.85. The van der Waals surface area contributed by atoms with Gasteiger partial charge < -0.3 is 9.30 Å². The van der Waals surface area contributed by atoms with Crippen LogP contribution < -0.4 is 0 Å². The lowest BCUT2D eigenvalue weighted by Crippen LogP contribution is -2.12. The fraction of sp³-hybridized carbons (Fsp3) is 0.438. The highest BCUT2D eigenvalue weighted by molar-refractivity contribution is 6.37. The number of nitrogens with zero attached hydrogens (tertiary/aromatic N) is 4. The van der Waals surface area contributed by atoms with Gasteiger partial charge in [0.05, 0.1) is 11.8 Å². The average Bonchev–Trinajstić information content (AvgIpc) is 2.56. The molecule has 0 aromatic carbocycles. The van der Waals surface area contributed by atoms with Crippen LogP contribution in [0, 0.1) is 13.8 Å². The highest BCUT2D eigenvalue weighted by Gasteiger charge is 2.30. The van der Waals surface area contributed by atoms with Gasteiger partial charge in [-0.2, -0.15) is 13.2 Å². The summed E-state index contributed by atoms with van der Waals surface area (Å²) in [7, 11) is 4.61. The number of alkyl halides is 3. The molecular formula is C16H21F3N4O. The lowest BCUT2D eigenvalue weighted by molar-refractivity contribution is -0.137. The zero-order valence-corrected chi connectivity index (χ0v) is 14.3. The molecule has 24 heavy (non-hydrogen) atoms. The van der Waals surface area contributed by atoms with Crippen LogP contribution in [0.25, 0.3) is 0 Å². The quantitative estimate of drug-likeness (QED) is 0.789. The molecule has 132 valence electrons. The third kappa shape index (κ3) is 5.45. The number of aliphatic imine (C=N–C) groups is 2. The van der Waals surface area contributed by atoms with Crippen LogP contribution in [0.5, 0.6) is 0 Å². The zero-order valence-electron chi connectivity index (χ0n) is 14.3. The molecule has 0 bridgehead atoms. The number of ether oxygens (including phenoxy) is 1. The number of methoxy groups -OCH3 is 1. The second-order valence-corrected chi connectivity index (χ2v) is 5.05. The molecule has 1 aromatic heterocycles. The Balaban J connectivity index is 3.66. The summed E-state index contributed by atoms with van der Waals surface area (Å²) in [4.78, 5) is 12.6. The number of hydrogen-bond donors (Lipinski definition) is 0. The van der Waals surface area contributed by atoms with Gasteiger partial charge in [0, 0.05) is 38.8 Å². The van der Waals surface area contributed by atoms with E-state index in [-0.39, 0.29) is 6.73 Å². The lowest BCUT2D eigenvalue weighted by atomic mass is 10.2. The van der Waals surface area contributed by atoms with Gasteiger partial charge in [-0.3, -0.25) is 9.98 Å². The third-order valence-electron chi connectivity index (χ3n) is 3.22. The molecule has 1 heterocycles. The molecule has 0 radical (unpaired) electrons. The summed E-state index contributed by atoms with van der Waals surface area (Å²) in [5, 5.41) is 0. The van der Waals surface area contributed by atoms with Gasteiger partial charge in [0.25, 0.3) is 0 Å². The standard InChI is InChI=1S/C16H21F3N4O/c1-11-6-7-13(16(17,18)19)9-23(4)12(2)15(22-11)14(20-3)8-21-10-24-5/h6-9H,10H2,1-5H3. The maximum Gasteiger partial charge on any atom is 0.417 e. The zero-order chi connectivity index (χ0) is 18.3. The minimum Gasteiger partial charge on any atom is -0.363 e. The van der Waals surface area contributed by atoms with Crippen LogP contribution >= 0.6 is 0 Å². The summed E-state index contributed by atoms with van der Waals surface area (Å²) in [5.41, 5.74) is 1.08. The Hall–Kier alpha value is -2.22. The molecular weight excluding hydrogens is 321 g/mol. The van der Waals surface area contributed by atoms with E-state index in [9.17, 15) is 13.2 Å². The molecule has 8 heteroatoms. The van der Waals surface area contributed by atoms with Gasteiger partial charge >= 0.3 is 6.18 Å². The molecule has 0 saturated carbocycles. The van der Waals surface area contributed by atoms with Crippen molar-refractivity contribution in [1.29, 1.82) is 0 Å². The number of aryl methyl sites for hydroxylation is 2. The Labute approximate surface area is 139 Å². The molecule has 5 nitrogen and oxygen atoms in total. The predicted molar refractivity (Wildman–Crippen MR) is 88.1 cm³/mol. The topological polar surface area (TPSA) is 51.8 Å². The second kappa shape index (κ2) is 8.58. The van der Waals surface area contributed by atoms with E-state index in [1.807, 2.05) is 0 Å². The molecule has 1 rings (SSSR count). The van der Waals surface area contributed by atoms with E-state index in [1.165, 1.54) is 31.0 Å². The summed E-state index contributed by atoms with van der Waals surface area (Å²) < 4.78 is 45.5. The van der Waals surface area contributed by atoms with Gasteiger partial charge in [-0.15, -0.1) is 0 Å². The minimum absolute atomic E-state index is 0.155. The molecule has 0 fully saturated rings. The van der Waals surface area contributed by atoms with Crippen molar-refractivity contribution in [1.82, 2.24) is 9.55 Å². The van der Waals surface area contributed by atoms with E-state index in [2.05, 4.69) is 15.0 Å². The van der Waals surface area contributed by atoms with Crippen molar-refractivity contribution in [3.05, 3.63) is 41.0 Å². The van der Waals surface area contributed by atoms with E-state index in [1.54, 1.807) is 20.9 Å². The first kappa shape index (κ1) is 19.8. The van der Waals surface area contributed by atoms with Gasteiger partial charge in [0.2, 0.25) is 0 Å². The largest absolute Gasteiger partial charge is 0.417 e. The van der Waals surface area contributed by atoms with Crippen molar-refractivity contribution in [2.75, 3.05) is 20.9 Å². The molecule has 0 amide bonds. The first-order valence-electron chi connectivity index (χ1n) is 7.12. The van der Waals surface area contributed by atoms with Crippen molar-refractivity contribution >= 4 is 11.9 Å². The molecule has 0 aliphatic rings. The van der Waals surface area contributed by atoms with Gasteiger partial charge in [0.15, 0.2) is 0 Å². The molecule has 0 aliphatic heterocycles. The fourth-order valence-electron chi connectivity index (χ4n) is 1.85. The van der Waals surface area contributed by atoms with Crippen LogP contribution in [0.1, 0.15) is 22.6 Å². The van der Waals surface area contributed by atoms with Gasteiger partial charge in [-0.05, 0) is 26.0 Å². The molecule has 1 aromatic rings. The number of hydrogen-bond acceptors (Lipinski definition) is 4. The van der Waals surface area contributed by atoms with Crippen molar-refractivity contribution in [2.45, 2.75) is 20.0 Å². The second-order valence-electron chi connectivity index (χ2n) is 5.05. The number of halogens is 3. The molecule has 0 N–H and O–H groups in total. The lowest BCUT2D eigenvalue weighted by Gasteiger charge is -2.09. The Morgan fingerprint density at radius 1 is 1.33 bits per heavy atom. The van der Waals surface area contributed by atoms with Gasteiger partial charge in [-0.1, -0.05) is 0 Å². The first-order chi connectivity index (χ1) is 11.2. The first-order valence-corrected chi connectivity index (χ1v) is 7.12. The normalized spacial score (nSPS) is 12.6. The maximum absolute atomic E-state index is 13.1. The van der Waals surface area contributed by atoms with E-state index in [0.29, 0.717) is 22.8 Å². The number of rotatable bonds is 4. The predicted octanol–water partition coefficient (Wildman–Crippen LogP) is 3.27. The maximum atomic E-state index is 13.1. The summed E-state index contributed by atoms with van der Waals surface area (Å²) in [5.74, 6) is 0. The van der Waals surface area contributed by atoms with Gasteiger partial charge in [-0.25, -0.2) is 4.98 Å². The highest BCUT2D eigenvalue weighted by atomic mass is 19.4. The number of aromatic nitrogens is 2. The molecule has 0 unspecified atom stereocenters. The monoisotopic (exact) mass is 342 g/mol. The summed E-state index contributed by atoms with van der Waals surface area (Å²) in [6.45, 7) is 3.46. The third-order valence-corrected chi connectivity index (χ3v) is 3.22. The van der Waals surface area contributed by atoms with Crippen LogP contribution in [0.3, 0.4) is 0 Å². The summed E-state index contributed by atoms with van der Waals surface area (Å²) in [6, 6.07) is 2.33.